The lowest BCUT2D eigenvalue weighted by Crippen LogP contribution is -2.29. The molecule has 0 saturated heterocycles. The molecule has 2 aliphatic carbocycles. The maximum atomic E-state index is 13.6. The molecule has 198 valence electrons. The molecule has 7 nitrogen and oxygen atoms in total. The van der Waals surface area contributed by atoms with Crippen LogP contribution in [0.15, 0.2) is 36.7 Å². The van der Waals surface area contributed by atoms with Crippen LogP contribution in [-0.4, -0.2) is 44.2 Å². The van der Waals surface area contributed by atoms with Gasteiger partial charge < -0.3 is 15.7 Å². The summed E-state index contributed by atoms with van der Waals surface area (Å²) in [4.78, 5) is 18.6. The van der Waals surface area contributed by atoms with Gasteiger partial charge in [-0.05, 0) is 80.5 Å². The lowest BCUT2D eigenvalue weighted by atomic mass is 9.71. The Labute approximate surface area is 223 Å². The average Bonchev–Trinajstić information content (AvgIpc) is 3.49. The number of fused-ring (bicyclic) bond motifs is 1. The Kier molecular flexibility index (Phi) is 6.92. The molecule has 2 atom stereocenters. The summed E-state index contributed by atoms with van der Waals surface area (Å²) in [6, 6.07) is 5.97. The molecule has 0 spiro atoms. The zero-order chi connectivity index (χ0) is 26.2. The number of nitrogens with zero attached hydrogens (tertiary/aromatic N) is 4. The number of hydrogen-bond donors (Lipinski definition) is 3. The fourth-order valence-electron chi connectivity index (χ4n) is 5.69. The summed E-state index contributed by atoms with van der Waals surface area (Å²) in [7, 11) is 0. The number of nitrogens with one attached hydrogen (secondary N) is 2. The van der Waals surface area contributed by atoms with Gasteiger partial charge in [0.25, 0.3) is 0 Å². The van der Waals surface area contributed by atoms with Gasteiger partial charge in [0.05, 0.1) is 22.2 Å². The van der Waals surface area contributed by atoms with Gasteiger partial charge >= 0.3 is 0 Å². The summed E-state index contributed by atoms with van der Waals surface area (Å²) in [5.74, 6) is 1.10. The van der Waals surface area contributed by atoms with Gasteiger partial charge in [-0.2, -0.15) is 4.98 Å². The number of aliphatic hydroxyl groups excluding tert-OH is 1. The molecule has 0 aliphatic heterocycles. The first kappa shape index (κ1) is 25.1. The Morgan fingerprint density at radius 1 is 1.03 bits per heavy atom. The van der Waals surface area contributed by atoms with Crippen molar-refractivity contribution in [2.75, 3.05) is 23.8 Å². The highest BCUT2D eigenvalue weighted by Gasteiger charge is 2.31. The van der Waals surface area contributed by atoms with Crippen LogP contribution in [0.1, 0.15) is 49.3 Å². The fraction of sp³-hybridized carbons (Fsp3) is 0.429. The molecule has 10 heteroatoms. The number of benzene rings is 1. The largest absolute Gasteiger partial charge is 0.396 e. The number of aliphatic hydroxyl groups is 1. The van der Waals surface area contributed by atoms with Crippen LogP contribution in [0.2, 0.25) is 0 Å². The van der Waals surface area contributed by atoms with Crippen LogP contribution in [0.3, 0.4) is 0 Å². The van der Waals surface area contributed by atoms with E-state index in [9.17, 15) is 13.9 Å². The predicted octanol–water partition coefficient (Wildman–Crippen LogP) is 5.91. The van der Waals surface area contributed by atoms with Crippen LogP contribution in [0.4, 0.5) is 20.5 Å². The van der Waals surface area contributed by atoms with E-state index in [2.05, 4.69) is 15.6 Å². The van der Waals surface area contributed by atoms with Gasteiger partial charge in [-0.25, -0.2) is 18.7 Å². The molecule has 6 rings (SSSR count). The van der Waals surface area contributed by atoms with Crippen LogP contribution < -0.4 is 10.6 Å². The van der Waals surface area contributed by atoms with E-state index in [0.29, 0.717) is 24.3 Å². The summed E-state index contributed by atoms with van der Waals surface area (Å²) in [6.07, 6.45) is 8.12. The van der Waals surface area contributed by atoms with Crippen LogP contribution in [0.25, 0.3) is 20.8 Å². The van der Waals surface area contributed by atoms with Gasteiger partial charge in [-0.1, -0.05) is 0 Å². The molecule has 0 bridgehead atoms. The van der Waals surface area contributed by atoms with Crippen molar-refractivity contribution in [3.8, 4) is 10.6 Å². The molecule has 2 aliphatic rings. The number of hydrogen-bond acceptors (Lipinski definition) is 8. The van der Waals surface area contributed by atoms with E-state index >= 15 is 0 Å². The van der Waals surface area contributed by atoms with Gasteiger partial charge in [0.15, 0.2) is 0 Å². The number of anilines is 2. The molecule has 0 amide bonds. The molecular formula is C28H30F2N6OS. The first-order valence-corrected chi connectivity index (χ1v) is 13.9. The van der Waals surface area contributed by atoms with Gasteiger partial charge in [-0.15, -0.1) is 11.3 Å². The molecule has 2 saturated carbocycles. The number of rotatable bonds is 8. The van der Waals surface area contributed by atoms with E-state index in [4.69, 9.17) is 15.0 Å². The topological polar surface area (TPSA) is 95.9 Å². The number of pyridine rings is 1. The highest BCUT2D eigenvalue weighted by molar-refractivity contribution is 7.21. The van der Waals surface area contributed by atoms with Crippen molar-refractivity contribution < 1.29 is 13.9 Å². The Morgan fingerprint density at radius 3 is 2.58 bits per heavy atom. The van der Waals surface area contributed by atoms with Crippen LogP contribution >= 0.6 is 11.3 Å². The Morgan fingerprint density at radius 2 is 1.84 bits per heavy atom. The van der Waals surface area contributed by atoms with Crippen LogP contribution in [0.5, 0.6) is 0 Å². The molecule has 3 heterocycles. The quantitative estimate of drug-likeness (QED) is 0.258. The lowest BCUT2D eigenvalue weighted by molar-refractivity contribution is 0.229. The highest BCUT2D eigenvalue weighted by atomic mass is 32.1. The summed E-state index contributed by atoms with van der Waals surface area (Å²) in [5.41, 5.74) is 3.29. The summed E-state index contributed by atoms with van der Waals surface area (Å²) in [6.45, 7) is 2.87. The first-order chi connectivity index (χ1) is 18.4. The van der Waals surface area contributed by atoms with Crippen molar-refractivity contribution in [3.05, 3.63) is 59.6 Å². The monoisotopic (exact) mass is 536 g/mol. The van der Waals surface area contributed by atoms with Crippen molar-refractivity contribution in [2.24, 2.45) is 11.8 Å². The van der Waals surface area contributed by atoms with Crippen molar-refractivity contribution in [1.82, 2.24) is 19.9 Å². The summed E-state index contributed by atoms with van der Waals surface area (Å²) >= 11 is 1.59. The zero-order valence-electron chi connectivity index (χ0n) is 21.1. The maximum absolute atomic E-state index is 13.6. The molecule has 3 N–H and O–H groups in total. The Bertz CT molecular complexity index is 1400. The van der Waals surface area contributed by atoms with E-state index in [1.165, 1.54) is 12.1 Å². The van der Waals surface area contributed by atoms with E-state index < -0.39 is 11.6 Å². The second-order valence-corrected chi connectivity index (χ2v) is 11.6. The van der Waals surface area contributed by atoms with Gasteiger partial charge in [-0.3, -0.25) is 4.98 Å². The van der Waals surface area contributed by atoms with Crippen LogP contribution in [0, 0.1) is 30.4 Å². The Balaban J connectivity index is 1.20. The molecule has 2 fully saturated rings. The zero-order valence-corrected chi connectivity index (χ0v) is 21.9. The third-order valence-corrected chi connectivity index (χ3v) is 8.83. The highest BCUT2D eigenvalue weighted by Crippen LogP contribution is 2.42. The second kappa shape index (κ2) is 10.5. The van der Waals surface area contributed by atoms with Gasteiger partial charge in [0.1, 0.15) is 28.0 Å². The minimum Gasteiger partial charge on any atom is -0.396 e. The minimum atomic E-state index is -0.525. The van der Waals surface area contributed by atoms with E-state index in [1.807, 2.05) is 13.0 Å². The number of thiazole rings is 1. The Hall–Kier alpha value is -3.24. The average molecular weight is 537 g/mol. The third kappa shape index (κ3) is 5.19. The second-order valence-electron chi connectivity index (χ2n) is 10.5. The van der Waals surface area contributed by atoms with Crippen molar-refractivity contribution >= 4 is 33.3 Å². The molecular weight excluding hydrogens is 506 g/mol. The summed E-state index contributed by atoms with van der Waals surface area (Å²) in [5, 5.41) is 17.5. The SMILES string of the molecule is Cc1nc(NCC2CC(c3cc(F)cc(F)c3)C2)nc(NC2CCC(CO)C2)c1-c1nc2cnccc2s1. The number of aromatic nitrogens is 4. The molecule has 2 unspecified atom stereocenters. The van der Waals surface area contributed by atoms with E-state index in [-0.39, 0.29) is 18.6 Å². The summed E-state index contributed by atoms with van der Waals surface area (Å²) < 4.78 is 28.3. The third-order valence-electron chi connectivity index (χ3n) is 7.77. The normalized spacial score (nSPS) is 22.9. The van der Waals surface area contributed by atoms with E-state index in [0.717, 1.165) is 76.0 Å². The minimum absolute atomic E-state index is 0.171. The molecule has 38 heavy (non-hydrogen) atoms. The lowest BCUT2D eigenvalue weighted by Gasteiger charge is -2.36. The van der Waals surface area contributed by atoms with E-state index in [1.54, 1.807) is 23.7 Å². The smallest absolute Gasteiger partial charge is 0.224 e. The van der Waals surface area contributed by atoms with Crippen LogP contribution in [-0.2, 0) is 0 Å². The van der Waals surface area contributed by atoms with Gasteiger partial charge in [0.2, 0.25) is 5.95 Å². The molecule has 1 aromatic carbocycles. The van der Waals surface area contributed by atoms with Crippen molar-refractivity contribution in [2.45, 2.75) is 51.0 Å². The van der Waals surface area contributed by atoms with Crippen molar-refractivity contribution in [3.63, 3.8) is 0 Å². The predicted molar refractivity (Wildman–Crippen MR) is 145 cm³/mol. The van der Waals surface area contributed by atoms with Crippen molar-refractivity contribution in [1.29, 1.82) is 0 Å². The maximum Gasteiger partial charge on any atom is 0.224 e. The number of aryl methyl sites for hydroxylation is 1. The standard InChI is InChI=1S/C28H30F2N6OS/c1-15-25(27-35-23-13-31-5-4-24(23)38-27)26(34-22-3-2-16(8-22)14-37)36-28(33-15)32-12-17-6-18(7-17)19-9-20(29)11-21(30)10-19/h4-5,9-11,13,16-18,22,37H,2-3,6-8,12,14H2,1H3,(H2,32,33,34,36). The fourth-order valence-corrected chi connectivity index (χ4v) is 6.72. The molecule has 4 aromatic rings. The van der Waals surface area contributed by atoms with Gasteiger partial charge in [0, 0.05) is 31.5 Å². The first-order valence-electron chi connectivity index (χ1n) is 13.1. The molecule has 3 aromatic heterocycles. The molecule has 0 radical (unpaired) electrons. The number of halogens is 2.